The Balaban J connectivity index is 1.32. The van der Waals surface area contributed by atoms with E-state index in [1.54, 1.807) is 17.0 Å². The van der Waals surface area contributed by atoms with E-state index in [-0.39, 0.29) is 5.91 Å². The van der Waals surface area contributed by atoms with Gasteiger partial charge >= 0.3 is 0 Å². The molecule has 0 spiro atoms. The number of nitrogens with one attached hydrogen (secondary N) is 2. The van der Waals surface area contributed by atoms with Crippen LogP contribution in [-0.2, 0) is 19.7 Å². The number of hydrogen-bond acceptors (Lipinski definition) is 4. The van der Waals surface area contributed by atoms with E-state index >= 15 is 0 Å². The van der Waals surface area contributed by atoms with Gasteiger partial charge in [-0.25, -0.2) is 0 Å². The Labute approximate surface area is 183 Å². The third kappa shape index (κ3) is 5.33. The molecule has 0 aliphatic carbocycles. The molecule has 0 bridgehead atoms. The van der Waals surface area contributed by atoms with Crippen LogP contribution in [-0.4, -0.2) is 24.2 Å². The standard InChI is InChI=1S/C25H29N3O3/c1-18-24(19(2)31-27-18)17-30-23-11-9-20(10-12-23)25(29)26-15-21-7-3-4-8-22(21)16-28-13-5-6-14-28/h3-4,7-12H,5-6,13-17H2,1-2H3,(H,26,29)/p+1. The number of amides is 1. The van der Waals surface area contributed by atoms with Crippen LogP contribution in [0.3, 0.4) is 0 Å². The molecule has 6 heteroatoms. The van der Waals surface area contributed by atoms with E-state index in [0.717, 1.165) is 23.6 Å². The molecule has 0 saturated carbocycles. The van der Waals surface area contributed by atoms with E-state index in [0.29, 0.717) is 24.5 Å². The second kappa shape index (κ2) is 9.79. The smallest absolute Gasteiger partial charge is 0.251 e. The van der Waals surface area contributed by atoms with E-state index < -0.39 is 0 Å². The van der Waals surface area contributed by atoms with Crippen molar-refractivity contribution in [2.45, 2.75) is 46.4 Å². The third-order valence-corrected chi connectivity index (χ3v) is 5.99. The minimum Gasteiger partial charge on any atom is -0.489 e. The molecule has 1 aromatic heterocycles. The van der Waals surface area contributed by atoms with Gasteiger partial charge in [0, 0.05) is 30.5 Å². The largest absolute Gasteiger partial charge is 0.489 e. The number of carbonyl (C=O) groups excluding carboxylic acids is 1. The predicted molar refractivity (Wildman–Crippen MR) is 118 cm³/mol. The number of aryl methyl sites for hydroxylation is 2. The van der Waals surface area contributed by atoms with Gasteiger partial charge < -0.3 is 19.5 Å². The highest BCUT2D eigenvalue weighted by Gasteiger charge is 2.17. The number of benzene rings is 2. The van der Waals surface area contributed by atoms with Gasteiger partial charge in [0.1, 0.15) is 24.7 Å². The summed E-state index contributed by atoms with van der Waals surface area (Å²) in [5.41, 5.74) is 4.92. The second-order valence-electron chi connectivity index (χ2n) is 8.20. The first-order valence-electron chi connectivity index (χ1n) is 10.9. The number of hydrogen-bond donors (Lipinski definition) is 2. The van der Waals surface area contributed by atoms with Crippen molar-refractivity contribution in [3.8, 4) is 5.75 Å². The van der Waals surface area contributed by atoms with Gasteiger partial charge in [-0.1, -0.05) is 29.4 Å². The fraction of sp³-hybridized carbons (Fsp3) is 0.360. The van der Waals surface area contributed by atoms with E-state index in [1.807, 2.05) is 32.0 Å². The monoisotopic (exact) mass is 420 g/mol. The summed E-state index contributed by atoms with van der Waals surface area (Å²) in [5.74, 6) is 1.39. The minimum atomic E-state index is -0.0828. The fourth-order valence-corrected chi connectivity index (χ4v) is 4.07. The van der Waals surface area contributed by atoms with Gasteiger partial charge in [-0.2, -0.15) is 0 Å². The zero-order valence-corrected chi connectivity index (χ0v) is 18.2. The molecule has 0 atom stereocenters. The minimum absolute atomic E-state index is 0.0828. The number of quaternary nitrogens is 1. The maximum absolute atomic E-state index is 12.6. The van der Waals surface area contributed by atoms with Crippen molar-refractivity contribution in [1.82, 2.24) is 10.5 Å². The first kappa shape index (κ1) is 21.1. The zero-order chi connectivity index (χ0) is 21.6. The van der Waals surface area contributed by atoms with Crippen LogP contribution in [0.2, 0.25) is 0 Å². The van der Waals surface area contributed by atoms with Gasteiger partial charge in [0.2, 0.25) is 0 Å². The van der Waals surface area contributed by atoms with Gasteiger partial charge in [0.05, 0.1) is 24.3 Å². The van der Waals surface area contributed by atoms with E-state index in [9.17, 15) is 4.79 Å². The van der Waals surface area contributed by atoms with E-state index in [2.05, 4.69) is 28.7 Å². The molecule has 2 aromatic carbocycles. The summed E-state index contributed by atoms with van der Waals surface area (Å²) in [6.45, 7) is 8.21. The molecule has 1 aliphatic heterocycles. The molecule has 0 unspecified atom stereocenters. The average Bonchev–Trinajstić information content (AvgIpc) is 3.41. The molecule has 4 rings (SSSR count). The van der Waals surface area contributed by atoms with Gasteiger partial charge in [-0.15, -0.1) is 0 Å². The summed E-state index contributed by atoms with van der Waals surface area (Å²) in [6, 6.07) is 15.6. The summed E-state index contributed by atoms with van der Waals surface area (Å²) >= 11 is 0. The molecule has 6 nitrogen and oxygen atoms in total. The van der Waals surface area contributed by atoms with Gasteiger partial charge in [-0.3, -0.25) is 4.79 Å². The highest BCUT2D eigenvalue weighted by Crippen LogP contribution is 2.18. The molecule has 3 aromatic rings. The number of aromatic nitrogens is 1. The molecule has 2 heterocycles. The Morgan fingerprint density at radius 2 is 1.77 bits per heavy atom. The molecule has 162 valence electrons. The Bertz CT molecular complexity index is 1000. The summed E-state index contributed by atoms with van der Waals surface area (Å²) in [5, 5.41) is 7.00. The molecular formula is C25H30N3O3+. The van der Waals surface area contributed by atoms with Crippen molar-refractivity contribution in [2.24, 2.45) is 0 Å². The number of rotatable bonds is 8. The second-order valence-corrected chi connectivity index (χ2v) is 8.20. The van der Waals surface area contributed by atoms with Crippen LogP contribution in [0, 0.1) is 13.8 Å². The lowest BCUT2D eigenvalue weighted by Crippen LogP contribution is -3.08. The average molecular weight is 421 g/mol. The summed E-state index contributed by atoms with van der Waals surface area (Å²) in [6.07, 6.45) is 2.62. The highest BCUT2D eigenvalue weighted by atomic mass is 16.5. The lowest BCUT2D eigenvalue weighted by atomic mass is 10.1. The Morgan fingerprint density at radius 1 is 1.06 bits per heavy atom. The van der Waals surface area contributed by atoms with Crippen molar-refractivity contribution >= 4 is 5.91 Å². The summed E-state index contributed by atoms with van der Waals surface area (Å²) in [4.78, 5) is 14.3. The molecule has 31 heavy (non-hydrogen) atoms. The lowest BCUT2D eigenvalue weighted by Gasteiger charge is -2.15. The van der Waals surface area contributed by atoms with Crippen LogP contribution in [0.25, 0.3) is 0 Å². The fourth-order valence-electron chi connectivity index (χ4n) is 4.07. The van der Waals surface area contributed by atoms with Crippen molar-refractivity contribution in [3.63, 3.8) is 0 Å². The third-order valence-electron chi connectivity index (χ3n) is 5.99. The highest BCUT2D eigenvalue weighted by molar-refractivity contribution is 5.94. The molecule has 1 amide bonds. The SMILES string of the molecule is Cc1noc(C)c1COc1ccc(C(=O)NCc2ccccc2C[NH+]2CCCC2)cc1. The van der Waals surface area contributed by atoms with Crippen molar-refractivity contribution in [3.05, 3.63) is 82.2 Å². The van der Waals surface area contributed by atoms with Gasteiger partial charge in [0.15, 0.2) is 0 Å². The predicted octanol–water partition coefficient (Wildman–Crippen LogP) is 2.98. The van der Waals surface area contributed by atoms with E-state index in [1.165, 1.54) is 37.1 Å². The quantitative estimate of drug-likeness (QED) is 0.588. The van der Waals surface area contributed by atoms with Crippen LogP contribution in [0.4, 0.5) is 0 Å². The Kier molecular flexibility index (Phi) is 6.67. The topological polar surface area (TPSA) is 68.8 Å². The van der Waals surface area contributed by atoms with Crippen molar-refractivity contribution in [1.29, 1.82) is 0 Å². The van der Waals surface area contributed by atoms with Crippen LogP contribution < -0.4 is 15.0 Å². The molecule has 1 aliphatic rings. The maximum atomic E-state index is 12.6. The Hall–Kier alpha value is -3.12. The number of nitrogens with zero attached hydrogens (tertiary/aromatic N) is 1. The summed E-state index contributed by atoms with van der Waals surface area (Å²) in [7, 11) is 0. The molecular weight excluding hydrogens is 390 g/mol. The van der Waals surface area contributed by atoms with Gasteiger partial charge in [-0.05, 0) is 43.7 Å². The molecule has 1 fully saturated rings. The number of ether oxygens (including phenoxy) is 1. The van der Waals surface area contributed by atoms with Gasteiger partial charge in [0.25, 0.3) is 5.91 Å². The zero-order valence-electron chi connectivity index (χ0n) is 18.2. The van der Waals surface area contributed by atoms with Crippen LogP contribution in [0.15, 0.2) is 53.1 Å². The van der Waals surface area contributed by atoms with Crippen molar-refractivity contribution < 1.29 is 19.0 Å². The molecule has 0 radical (unpaired) electrons. The van der Waals surface area contributed by atoms with E-state index in [4.69, 9.17) is 9.26 Å². The molecule has 1 saturated heterocycles. The summed E-state index contributed by atoms with van der Waals surface area (Å²) < 4.78 is 11.0. The first-order chi connectivity index (χ1) is 15.1. The Morgan fingerprint density at radius 3 is 2.45 bits per heavy atom. The number of carbonyl (C=O) groups is 1. The molecule has 2 N–H and O–H groups in total. The lowest BCUT2D eigenvalue weighted by molar-refractivity contribution is -0.901. The number of likely N-dealkylation sites (tertiary alicyclic amines) is 1. The first-order valence-corrected chi connectivity index (χ1v) is 10.9. The maximum Gasteiger partial charge on any atom is 0.251 e. The normalized spacial score (nSPS) is 14.0. The van der Waals surface area contributed by atoms with Crippen molar-refractivity contribution in [2.75, 3.05) is 13.1 Å². The van der Waals surface area contributed by atoms with Crippen LogP contribution in [0.1, 0.15) is 51.3 Å². The van der Waals surface area contributed by atoms with Crippen LogP contribution >= 0.6 is 0 Å². The van der Waals surface area contributed by atoms with Crippen LogP contribution in [0.5, 0.6) is 5.75 Å².